The number of rotatable bonds is 4. The van der Waals surface area contributed by atoms with Crippen LogP contribution in [0.3, 0.4) is 0 Å². The van der Waals surface area contributed by atoms with Crippen LogP contribution in [0.15, 0.2) is 60.8 Å². The first-order valence-corrected chi connectivity index (χ1v) is 8.74. The molecule has 0 radical (unpaired) electrons. The lowest BCUT2D eigenvalue weighted by molar-refractivity contribution is -0.133. The maximum absolute atomic E-state index is 12.6. The molecule has 1 aliphatic rings. The van der Waals surface area contributed by atoms with Gasteiger partial charge in [-0.15, -0.1) is 0 Å². The monoisotopic (exact) mass is 334 g/mol. The van der Waals surface area contributed by atoms with Crippen molar-refractivity contribution in [1.29, 1.82) is 0 Å². The first-order valence-electron chi connectivity index (χ1n) is 8.74. The molecule has 1 saturated heterocycles. The molecule has 1 amide bonds. The third-order valence-electron chi connectivity index (χ3n) is 4.81. The molecule has 0 N–H and O–H groups in total. The first kappa shape index (κ1) is 15.8. The van der Waals surface area contributed by atoms with E-state index in [9.17, 15) is 4.79 Å². The molecule has 5 heteroatoms. The average molecular weight is 334 g/mol. The van der Waals surface area contributed by atoms with E-state index in [-0.39, 0.29) is 5.91 Å². The van der Waals surface area contributed by atoms with Crippen LogP contribution in [0.4, 0.5) is 0 Å². The standard InChI is InChI=1S/C20H22N4O/c25-20(16-24-19-9-5-4-8-18(19)14-21-24)23-12-10-22(11-13-23)15-17-6-2-1-3-7-17/h1-9,14H,10-13,15-16H2. The summed E-state index contributed by atoms with van der Waals surface area (Å²) in [6.45, 7) is 4.66. The van der Waals surface area contributed by atoms with Gasteiger partial charge in [0.15, 0.2) is 0 Å². The van der Waals surface area contributed by atoms with Crippen LogP contribution >= 0.6 is 0 Å². The van der Waals surface area contributed by atoms with E-state index in [2.05, 4.69) is 34.3 Å². The fraction of sp³-hybridized carbons (Fsp3) is 0.300. The highest BCUT2D eigenvalue weighted by Gasteiger charge is 2.21. The molecule has 1 fully saturated rings. The van der Waals surface area contributed by atoms with Gasteiger partial charge in [-0.1, -0.05) is 48.5 Å². The van der Waals surface area contributed by atoms with E-state index in [1.54, 1.807) is 4.68 Å². The molecule has 0 spiro atoms. The van der Waals surface area contributed by atoms with Crippen LogP contribution in [-0.4, -0.2) is 51.7 Å². The second-order valence-electron chi connectivity index (χ2n) is 6.50. The van der Waals surface area contributed by atoms with Gasteiger partial charge in [0.05, 0.1) is 11.7 Å². The molecule has 2 aromatic carbocycles. The number of nitrogens with zero attached hydrogens (tertiary/aromatic N) is 4. The van der Waals surface area contributed by atoms with Crippen molar-refractivity contribution >= 4 is 16.8 Å². The maximum atomic E-state index is 12.6. The predicted octanol–water partition coefficient (Wildman–Crippen LogP) is 2.38. The molecule has 128 valence electrons. The number of carbonyl (C=O) groups excluding carboxylic acids is 1. The van der Waals surface area contributed by atoms with E-state index in [0.29, 0.717) is 6.54 Å². The van der Waals surface area contributed by atoms with Crippen LogP contribution in [0.25, 0.3) is 10.9 Å². The van der Waals surface area contributed by atoms with Gasteiger partial charge in [0.1, 0.15) is 6.54 Å². The topological polar surface area (TPSA) is 41.4 Å². The number of hydrogen-bond donors (Lipinski definition) is 0. The Bertz CT molecular complexity index is 850. The van der Waals surface area contributed by atoms with Crippen LogP contribution in [-0.2, 0) is 17.9 Å². The minimum atomic E-state index is 0.146. The summed E-state index contributed by atoms with van der Waals surface area (Å²) in [7, 11) is 0. The SMILES string of the molecule is O=C(Cn1ncc2ccccc21)N1CCN(Cc2ccccc2)CC1. The molecule has 2 heterocycles. The zero-order valence-corrected chi connectivity index (χ0v) is 14.2. The van der Waals surface area contributed by atoms with E-state index in [1.807, 2.05) is 41.4 Å². The summed E-state index contributed by atoms with van der Waals surface area (Å²) in [4.78, 5) is 17.0. The van der Waals surface area contributed by atoms with Crippen LogP contribution in [0, 0.1) is 0 Å². The summed E-state index contributed by atoms with van der Waals surface area (Å²) in [5, 5.41) is 5.43. The van der Waals surface area contributed by atoms with Gasteiger partial charge in [-0.05, 0) is 11.6 Å². The third kappa shape index (κ3) is 3.56. The minimum Gasteiger partial charge on any atom is -0.339 e. The molecular formula is C20H22N4O. The zero-order valence-electron chi connectivity index (χ0n) is 14.2. The molecule has 4 rings (SSSR count). The Morgan fingerprint density at radius 1 is 0.920 bits per heavy atom. The van der Waals surface area contributed by atoms with Crippen molar-refractivity contribution in [1.82, 2.24) is 19.6 Å². The van der Waals surface area contributed by atoms with Crippen molar-refractivity contribution in [2.75, 3.05) is 26.2 Å². The summed E-state index contributed by atoms with van der Waals surface area (Å²) >= 11 is 0. The van der Waals surface area contributed by atoms with E-state index in [1.165, 1.54) is 5.56 Å². The fourth-order valence-corrected chi connectivity index (χ4v) is 3.38. The molecule has 0 bridgehead atoms. The summed E-state index contributed by atoms with van der Waals surface area (Å²) in [6.07, 6.45) is 1.82. The highest BCUT2D eigenvalue weighted by atomic mass is 16.2. The van der Waals surface area contributed by atoms with Gasteiger partial charge in [0.2, 0.25) is 5.91 Å². The Morgan fingerprint density at radius 2 is 1.64 bits per heavy atom. The molecule has 25 heavy (non-hydrogen) atoms. The van der Waals surface area contributed by atoms with Crippen molar-refractivity contribution in [3.63, 3.8) is 0 Å². The lowest BCUT2D eigenvalue weighted by Gasteiger charge is -2.34. The predicted molar refractivity (Wildman–Crippen MR) is 98.0 cm³/mol. The van der Waals surface area contributed by atoms with Crippen molar-refractivity contribution < 1.29 is 4.79 Å². The zero-order chi connectivity index (χ0) is 17.1. The number of piperazine rings is 1. The van der Waals surface area contributed by atoms with Gasteiger partial charge in [0, 0.05) is 38.1 Å². The van der Waals surface area contributed by atoms with Crippen LogP contribution in [0.2, 0.25) is 0 Å². The summed E-state index contributed by atoms with van der Waals surface area (Å²) in [5.74, 6) is 0.146. The van der Waals surface area contributed by atoms with Gasteiger partial charge >= 0.3 is 0 Å². The highest BCUT2D eigenvalue weighted by Crippen LogP contribution is 2.14. The number of carbonyl (C=O) groups is 1. The number of benzene rings is 2. The van der Waals surface area contributed by atoms with Crippen molar-refractivity contribution in [2.45, 2.75) is 13.1 Å². The molecule has 1 aliphatic heterocycles. The second kappa shape index (κ2) is 7.07. The Morgan fingerprint density at radius 3 is 2.44 bits per heavy atom. The average Bonchev–Trinajstić information content (AvgIpc) is 3.06. The van der Waals surface area contributed by atoms with E-state index < -0.39 is 0 Å². The Balaban J connectivity index is 1.33. The summed E-state index contributed by atoms with van der Waals surface area (Å²) < 4.78 is 1.80. The number of fused-ring (bicyclic) bond motifs is 1. The van der Waals surface area contributed by atoms with Crippen LogP contribution in [0.1, 0.15) is 5.56 Å². The van der Waals surface area contributed by atoms with E-state index in [4.69, 9.17) is 0 Å². The van der Waals surface area contributed by atoms with E-state index in [0.717, 1.165) is 43.6 Å². The summed E-state index contributed by atoms with van der Waals surface area (Å²) in [6, 6.07) is 18.5. The summed E-state index contributed by atoms with van der Waals surface area (Å²) in [5.41, 5.74) is 2.34. The van der Waals surface area contributed by atoms with Crippen LogP contribution in [0.5, 0.6) is 0 Å². The van der Waals surface area contributed by atoms with Gasteiger partial charge in [-0.3, -0.25) is 14.4 Å². The van der Waals surface area contributed by atoms with Crippen molar-refractivity contribution in [2.24, 2.45) is 0 Å². The number of hydrogen-bond acceptors (Lipinski definition) is 3. The quantitative estimate of drug-likeness (QED) is 0.736. The molecule has 1 aromatic heterocycles. The largest absolute Gasteiger partial charge is 0.339 e. The van der Waals surface area contributed by atoms with Crippen molar-refractivity contribution in [3.05, 3.63) is 66.4 Å². The Labute approximate surface area is 147 Å². The number of aromatic nitrogens is 2. The molecule has 5 nitrogen and oxygen atoms in total. The smallest absolute Gasteiger partial charge is 0.244 e. The lowest BCUT2D eigenvalue weighted by Crippen LogP contribution is -2.49. The Kier molecular flexibility index (Phi) is 4.48. The normalized spacial score (nSPS) is 15.6. The third-order valence-corrected chi connectivity index (χ3v) is 4.81. The number of amides is 1. The van der Waals surface area contributed by atoms with Gasteiger partial charge in [-0.2, -0.15) is 5.10 Å². The molecule has 0 aliphatic carbocycles. The van der Waals surface area contributed by atoms with Crippen molar-refractivity contribution in [3.8, 4) is 0 Å². The lowest BCUT2D eigenvalue weighted by atomic mass is 10.2. The molecule has 0 unspecified atom stereocenters. The van der Waals surface area contributed by atoms with E-state index >= 15 is 0 Å². The Hall–Kier alpha value is -2.66. The van der Waals surface area contributed by atoms with Gasteiger partial charge in [-0.25, -0.2) is 0 Å². The maximum Gasteiger partial charge on any atom is 0.244 e. The first-order chi connectivity index (χ1) is 12.3. The molecule has 0 atom stereocenters. The van der Waals surface area contributed by atoms with Gasteiger partial charge < -0.3 is 4.90 Å². The minimum absolute atomic E-state index is 0.146. The van der Waals surface area contributed by atoms with Crippen LogP contribution < -0.4 is 0 Å². The fourth-order valence-electron chi connectivity index (χ4n) is 3.38. The molecule has 3 aromatic rings. The second-order valence-corrected chi connectivity index (χ2v) is 6.50. The molecule has 0 saturated carbocycles. The highest BCUT2D eigenvalue weighted by molar-refractivity contribution is 5.82. The number of para-hydroxylation sites is 1. The molecular weight excluding hydrogens is 312 g/mol. The van der Waals surface area contributed by atoms with Gasteiger partial charge in [0.25, 0.3) is 0 Å².